The third-order valence-electron chi connectivity index (χ3n) is 8.64. The molecule has 0 spiro atoms. The Morgan fingerprint density at radius 2 is 1.95 bits per heavy atom. The van der Waals surface area contributed by atoms with Crippen LogP contribution < -0.4 is 11.1 Å². The number of hydrogen-bond donors (Lipinski definition) is 3. The van der Waals surface area contributed by atoms with Crippen LogP contribution in [-0.4, -0.2) is 61.6 Å². The van der Waals surface area contributed by atoms with Gasteiger partial charge in [-0.05, 0) is 68.1 Å². The molecular formula is C29H45ClF3N3O3. The van der Waals surface area contributed by atoms with Crippen molar-refractivity contribution in [3.8, 4) is 0 Å². The lowest BCUT2D eigenvalue weighted by molar-refractivity contribution is -0.126. The van der Waals surface area contributed by atoms with Gasteiger partial charge in [0.1, 0.15) is 0 Å². The molecule has 1 saturated heterocycles. The molecule has 6 nitrogen and oxygen atoms in total. The van der Waals surface area contributed by atoms with Crippen LogP contribution in [0.4, 0.5) is 18.0 Å². The van der Waals surface area contributed by atoms with Gasteiger partial charge in [-0.2, -0.15) is 13.2 Å². The Hall–Kier alpha value is -1.55. The van der Waals surface area contributed by atoms with Gasteiger partial charge in [0.25, 0.3) is 0 Å². The summed E-state index contributed by atoms with van der Waals surface area (Å²) in [5.74, 6) is -0.339. The van der Waals surface area contributed by atoms with Crippen LogP contribution in [0.25, 0.3) is 0 Å². The van der Waals surface area contributed by atoms with Crippen molar-refractivity contribution in [2.75, 3.05) is 33.4 Å². The molecule has 1 aliphatic heterocycles. The second-order valence-corrected chi connectivity index (χ2v) is 11.8. The van der Waals surface area contributed by atoms with Crippen molar-refractivity contribution in [3.05, 3.63) is 34.9 Å². The van der Waals surface area contributed by atoms with Crippen molar-refractivity contribution in [2.24, 2.45) is 23.5 Å². The number of aliphatic hydroxyl groups is 1. The van der Waals surface area contributed by atoms with Crippen molar-refractivity contribution in [1.82, 2.24) is 10.2 Å². The Bertz CT molecular complexity index is 900. The Morgan fingerprint density at radius 3 is 2.59 bits per heavy atom. The van der Waals surface area contributed by atoms with Gasteiger partial charge in [-0.1, -0.05) is 55.8 Å². The maximum atomic E-state index is 13.1. The van der Waals surface area contributed by atoms with Crippen LogP contribution in [0.3, 0.4) is 0 Å². The third kappa shape index (κ3) is 9.23. The maximum absolute atomic E-state index is 13.1. The Balaban J connectivity index is 2.01. The highest BCUT2D eigenvalue weighted by Crippen LogP contribution is 2.46. The summed E-state index contributed by atoms with van der Waals surface area (Å²) in [6.07, 6.45) is 4.89. The second-order valence-electron chi connectivity index (χ2n) is 11.4. The minimum atomic E-state index is -4.34. The summed E-state index contributed by atoms with van der Waals surface area (Å²) < 4.78 is 44.6. The summed E-state index contributed by atoms with van der Waals surface area (Å²) >= 11 is 6.36. The zero-order valence-corrected chi connectivity index (χ0v) is 23.8. The fourth-order valence-corrected chi connectivity index (χ4v) is 7.11. The molecule has 0 aromatic heterocycles. The SMILES string of the molecule is COCCCC[C@@](O)(c1cccc(Cl)c1)C1CCCN(C(N)=O)C1[C@H](CNCC(F)(F)F)CC1CCCCC1. The van der Waals surface area contributed by atoms with E-state index >= 15 is 0 Å². The van der Waals surface area contributed by atoms with E-state index in [1.165, 1.54) is 6.42 Å². The number of carbonyl (C=O) groups excluding carboxylic acids is 1. The Morgan fingerprint density at radius 1 is 1.21 bits per heavy atom. The summed E-state index contributed by atoms with van der Waals surface area (Å²) in [6.45, 7) is -0.0288. The second kappa shape index (κ2) is 14.9. The molecule has 2 unspecified atom stereocenters. The topological polar surface area (TPSA) is 87.8 Å². The van der Waals surface area contributed by atoms with Gasteiger partial charge in [0, 0.05) is 43.8 Å². The average molecular weight is 576 g/mol. The summed E-state index contributed by atoms with van der Waals surface area (Å²) in [4.78, 5) is 14.4. The van der Waals surface area contributed by atoms with Crippen molar-refractivity contribution in [1.29, 1.82) is 0 Å². The number of urea groups is 1. The summed E-state index contributed by atoms with van der Waals surface area (Å²) in [5, 5.41) is 15.7. The van der Waals surface area contributed by atoms with Crippen LogP contribution in [-0.2, 0) is 10.3 Å². The number of rotatable bonds is 13. The molecule has 1 aromatic carbocycles. The fraction of sp³-hybridized carbons (Fsp3) is 0.759. The molecule has 10 heteroatoms. The standard InChI is InChI=1S/C29H45ClF3N3O3/c1-39-16-6-5-14-28(38,23-11-7-12-24(30)18-23)25-13-8-15-36(27(34)37)26(25)22(19-35-20-29(31,32)33)17-21-9-3-2-4-10-21/h7,11-12,18,21-22,25-26,35,38H,2-6,8-10,13-17,19-20H2,1H3,(H2,34,37)/t22-,25?,26?,28+/m0/s1. The van der Waals surface area contributed by atoms with Gasteiger partial charge in [0.05, 0.1) is 12.1 Å². The molecule has 222 valence electrons. The number of carbonyl (C=O) groups is 1. The van der Waals surface area contributed by atoms with Gasteiger partial charge in [-0.15, -0.1) is 0 Å². The Kier molecular flexibility index (Phi) is 12.2. The number of piperidine rings is 1. The summed E-state index contributed by atoms with van der Waals surface area (Å²) in [5.41, 5.74) is 5.22. The molecule has 1 aliphatic carbocycles. The molecule has 4 atom stereocenters. The van der Waals surface area contributed by atoms with Gasteiger partial charge in [-0.25, -0.2) is 4.79 Å². The van der Waals surface area contributed by atoms with Crippen LogP contribution in [0.2, 0.25) is 5.02 Å². The highest BCUT2D eigenvalue weighted by molar-refractivity contribution is 6.30. The van der Waals surface area contributed by atoms with E-state index < -0.39 is 36.3 Å². The molecule has 2 aliphatic rings. The van der Waals surface area contributed by atoms with E-state index in [0.29, 0.717) is 61.8 Å². The summed E-state index contributed by atoms with van der Waals surface area (Å²) in [6, 6.07) is 6.05. The van der Waals surface area contributed by atoms with Gasteiger partial charge >= 0.3 is 12.2 Å². The van der Waals surface area contributed by atoms with Crippen molar-refractivity contribution in [2.45, 2.75) is 88.4 Å². The number of benzene rings is 1. The molecule has 39 heavy (non-hydrogen) atoms. The largest absolute Gasteiger partial charge is 0.401 e. The molecule has 1 saturated carbocycles. The quantitative estimate of drug-likeness (QED) is 0.243. The van der Waals surface area contributed by atoms with E-state index in [9.17, 15) is 23.1 Å². The van der Waals surface area contributed by atoms with Gasteiger partial charge in [-0.3, -0.25) is 0 Å². The smallest absolute Gasteiger partial charge is 0.385 e. The zero-order valence-electron chi connectivity index (χ0n) is 23.0. The first-order valence-electron chi connectivity index (χ1n) is 14.4. The first-order chi connectivity index (χ1) is 18.5. The van der Waals surface area contributed by atoms with Crippen LogP contribution in [0, 0.1) is 17.8 Å². The van der Waals surface area contributed by atoms with Gasteiger partial charge < -0.3 is 25.8 Å². The molecule has 0 radical (unpaired) electrons. The van der Waals surface area contributed by atoms with Gasteiger partial charge in [0.15, 0.2) is 0 Å². The predicted octanol–water partition coefficient (Wildman–Crippen LogP) is 6.24. The third-order valence-corrected chi connectivity index (χ3v) is 8.87. The molecular weight excluding hydrogens is 531 g/mol. The molecule has 2 amide bonds. The minimum absolute atomic E-state index is 0.0935. The number of unbranched alkanes of at least 4 members (excludes halogenated alkanes) is 1. The highest BCUT2D eigenvalue weighted by atomic mass is 35.5. The number of alkyl halides is 3. The van der Waals surface area contributed by atoms with Crippen molar-refractivity contribution in [3.63, 3.8) is 0 Å². The first-order valence-corrected chi connectivity index (χ1v) is 14.7. The lowest BCUT2D eigenvalue weighted by Crippen LogP contribution is -2.60. The zero-order chi connectivity index (χ0) is 28.5. The lowest BCUT2D eigenvalue weighted by atomic mass is 9.65. The minimum Gasteiger partial charge on any atom is -0.385 e. The van der Waals surface area contributed by atoms with E-state index in [1.807, 2.05) is 6.07 Å². The van der Waals surface area contributed by atoms with Crippen LogP contribution in [0.1, 0.15) is 76.2 Å². The number of halogens is 4. The van der Waals surface area contributed by atoms with E-state index in [1.54, 1.807) is 30.2 Å². The number of methoxy groups -OCH3 is 1. The number of hydrogen-bond acceptors (Lipinski definition) is 4. The average Bonchev–Trinajstić information content (AvgIpc) is 2.90. The Labute approximate surface area is 235 Å². The van der Waals surface area contributed by atoms with E-state index in [-0.39, 0.29) is 12.5 Å². The van der Waals surface area contributed by atoms with Gasteiger partial charge in [0.2, 0.25) is 0 Å². The van der Waals surface area contributed by atoms with Crippen LogP contribution >= 0.6 is 11.6 Å². The molecule has 3 rings (SSSR count). The lowest BCUT2D eigenvalue weighted by Gasteiger charge is -2.51. The molecule has 2 fully saturated rings. The molecule has 1 heterocycles. The normalized spacial score (nSPS) is 23.4. The van der Waals surface area contributed by atoms with E-state index in [2.05, 4.69) is 5.32 Å². The number of nitrogens with one attached hydrogen (secondary N) is 1. The van der Waals surface area contributed by atoms with Crippen LogP contribution in [0.15, 0.2) is 24.3 Å². The highest BCUT2D eigenvalue weighted by Gasteiger charge is 2.50. The number of nitrogens with zero attached hydrogens (tertiary/aromatic N) is 1. The molecule has 0 bridgehead atoms. The van der Waals surface area contributed by atoms with E-state index in [0.717, 1.165) is 32.1 Å². The maximum Gasteiger partial charge on any atom is 0.401 e. The number of likely N-dealkylation sites (tertiary alicyclic amines) is 1. The van der Waals surface area contributed by atoms with Crippen molar-refractivity contribution < 1.29 is 27.8 Å². The monoisotopic (exact) mass is 575 g/mol. The number of ether oxygens (including phenoxy) is 1. The summed E-state index contributed by atoms with van der Waals surface area (Å²) in [7, 11) is 1.63. The number of nitrogens with two attached hydrogens (primary N) is 1. The predicted molar refractivity (Wildman–Crippen MR) is 147 cm³/mol. The van der Waals surface area contributed by atoms with Crippen molar-refractivity contribution >= 4 is 17.6 Å². The molecule has 4 N–H and O–H groups in total. The number of amides is 2. The van der Waals surface area contributed by atoms with Crippen LogP contribution in [0.5, 0.6) is 0 Å². The fourth-order valence-electron chi connectivity index (χ4n) is 6.92. The van der Waals surface area contributed by atoms with E-state index in [4.69, 9.17) is 22.1 Å². The molecule has 1 aromatic rings. The first kappa shape index (κ1) is 32.0. The number of primary amides is 1.